The standard InChI is InChI=1S/C14H14FNO.C2H6/c1-4-7-10(5-2)11-8-6-9-12(13(11)15)14(17)16-3;1-2/h4-9H,1-2H2,3H3,(H,16,17);1-2H3/b10-7+;. The number of amides is 1. The minimum absolute atomic E-state index is 0.0156. The van der Waals surface area contributed by atoms with Crippen molar-refractivity contribution in [2.24, 2.45) is 0 Å². The summed E-state index contributed by atoms with van der Waals surface area (Å²) in [6.45, 7) is 11.2. The predicted octanol–water partition coefficient (Wildman–Crippen LogP) is 3.97. The number of carbonyl (C=O) groups is 1. The lowest BCUT2D eigenvalue weighted by Crippen LogP contribution is -2.19. The first-order chi connectivity index (χ1) is 9.15. The first kappa shape index (κ1) is 16.8. The van der Waals surface area contributed by atoms with E-state index in [0.29, 0.717) is 11.1 Å². The van der Waals surface area contributed by atoms with Crippen molar-refractivity contribution in [1.82, 2.24) is 5.32 Å². The van der Waals surface area contributed by atoms with E-state index < -0.39 is 11.7 Å². The molecule has 0 atom stereocenters. The summed E-state index contributed by atoms with van der Waals surface area (Å²) in [5, 5.41) is 2.39. The summed E-state index contributed by atoms with van der Waals surface area (Å²) in [4.78, 5) is 11.4. The first-order valence-corrected chi connectivity index (χ1v) is 6.11. The van der Waals surface area contributed by atoms with Crippen LogP contribution >= 0.6 is 0 Å². The Balaban J connectivity index is 0.00000154. The van der Waals surface area contributed by atoms with Crippen LogP contribution in [0.5, 0.6) is 0 Å². The Morgan fingerprint density at radius 2 is 1.84 bits per heavy atom. The van der Waals surface area contributed by atoms with Gasteiger partial charge in [0.1, 0.15) is 5.82 Å². The van der Waals surface area contributed by atoms with Gasteiger partial charge in [-0.2, -0.15) is 0 Å². The van der Waals surface area contributed by atoms with E-state index in [1.165, 1.54) is 19.2 Å². The molecule has 2 nitrogen and oxygen atoms in total. The SMILES string of the molecule is C=C/C=C(\C=C)c1cccc(C(=O)NC)c1F.CC. The second kappa shape index (κ2) is 8.86. The number of nitrogens with one attached hydrogen (secondary N) is 1. The van der Waals surface area contributed by atoms with Gasteiger partial charge in [-0.25, -0.2) is 4.39 Å². The van der Waals surface area contributed by atoms with Gasteiger partial charge in [-0.15, -0.1) is 0 Å². The topological polar surface area (TPSA) is 29.1 Å². The van der Waals surface area contributed by atoms with E-state index in [1.807, 2.05) is 13.8 Å². The van der Waals surface area contributed by atoms with E-state index in [9.17, 15) is 9.18 Å². The number of hydrogen-bond acceptors (Lipinski definition) is 1. The van der Waals surface area contributed by atoms with Crippen LogP contribution in [-0.2, 0) is 0 Å². The fourth-order valence-electron chi connectivity index (χ4n) is 1.46. The highest BCUT2D eigenvalue weighted by Crippen LogP contribution is 2.22. The number of allylic oxidation sites excluding steroid dienone is 4. The Morgan fingerprint density at radius 3 is 2.32 bits per heavy atom. The number of halogens is 1. The van der Waals surface area contributed by atoms with Gasteiger partial charge in [0, 0.05) is 12.6 Å². The van der Waals surface area contributed by atoms with Gasteiger partial charge in [-0.05, 0) is 11.6 Å². The van der Waals surface area contributed by atoms with Gasteiger partial charge in [0.25, 0.3) is 5.91 Å². The smallest absolute Gasteiger partial charge is 0.254 e. The lowest BCUT2D eigenvalue weighted by molar-refractivity contribution is 0.0959. The maximum atomic E-state index is 14.1. The van der Waals surface area contributed by atoms with Crippen LogP contribution in [0.4, 0.5) is 4.39 Å². The minimum Gasteiger partial charge on any atom is -0.355 e. The largest absolute Gasteiger partial charge is 0.355 e. The average molecular weight is 261 g/mol. The lowest BCUT2D eigenvalue weighted by atomic mass is 10.0. The number of hydrogen-bond donors (Lipinski definition) is 1. The highest BCUT2D eigenvalue weighted by Gasteiger charge is 2.14. The third-order valence-electron chi connectivity index (χ3n) is 2.30. The quantitative estimate of drug-likeness (QED) is 0.816. The van der Waals surface area contributed by atoms with Crippen LogP contribution in [0.1, 0.15) is 29.8 Å². The second-order valence-electron chi connectivity index (χ2n) is 3.31. The molecule has 1 aromatic carbocycles. The highest BCUT2D eigenvalue weighted by atomic mass is 19.1. The zero-order valence-electron chi connectivity index (χ0n) is 11.7. The molecule has 102 valence electrons. The number of carbonyl (C=O) groups excluding carboxylic acids is 1. The molecular formula is C16H20FNO. The van der Waals surface area contributed by atoms with Gasteiger partial charge in [0.2, 0.25) is 0 Å². The molecule has 0 saturated carbocycles. The van der Waals surface area contributed by atoms with Gasteiger partial charge in [-0.3, -0.25) is 4.79 Å². The summed E-state index contributed by atoms with van der Waals surface area (Å²) < 4.78 is 14.1. The number of benzene rings is 1. The monoisotopic (exact) mass is 261 g/mol. The maximum Gasteiger partial charge on any atom is 0.254 e. The third-order valence-corrected chi connectivity index (χ3v) is 2.30. The normalized spacial score (nSPS) is 10.0. The van der Waals surface area contributed by atoms with Crippen LogP contribution < -0.4 is 5.32 Å². The molecule has 0 aliphatic carbocycles. The van der Waals surface area contributed by atoms with E-state index in [2.05, 4.69) is 18.5 Å². The van der Waals surface area contributed by atoms with Crippen LogP contribution in [0.25, 0.3) is 5.57 Å². The molecule has 1 aromatic rings. The molecular weight excluding hydrogens is 241 g/mol. The van der Waals surface area contributed by atoms with E-state index in [1.54, 1.807) is 24.3 Å². The highest BCUT2D eigenvalue weighted by molar-refractivity contribution is 5.95. The van der Waals surface area contributed by atoms with Crippen molar-refractivity contribution in [3.63, 3.8) is 0 Å². The predicted molar refractivity (Wildman–Crippen MR) is 79.5 cm³/mol. The molecule has 0 fully saturated rings. The van der Waals surface area contributed by atoms with Crippen LogP contribution in [0.3, 0.4) is 0 Å². The van der Waals surface area contributed by atoms with Crippen LogP contribution in [0.15, 0.2) is 49.6 Å². The van der Waals surface area contributed by atoms with Crippen molar-refractivity contribution in [2.45, 2.75) is 13.8 Å². The van der Waals surface area contributed by atoms with Gasteiger partial charge in [0.15, 0.2) is 0 Å². The van der Waals surface area contributed by atoms with Gasteiger partial charge in [0.05, 0.1) is 5.56 Å². The Bertz CT molecular complexity index is 490. The van der Waals surface area contributed by atoms with Crippen molar-refractivity contribution < 1.29 is 9.18 Å². The molecule has 19 heavy (non-hydrogen) atoms. The summed E-state index contributed by atoms with van der Waals surface area (Å²) in [5.41, 5.74) is 0.936. The van der Waals surface area contributed by atoms with Crippen LogP contribution in [-0.4, -0.2) is 13.0 Å². The van der Waals surface area contributed by atoms with Crippen LogP contribution in [0, 0.1) is 5.82 Å². The molecule has 1 amide bonds. The fourth-order valence-corrected chi connectivity index (χ4v) is 1.46. The summed E-state index contributed by atoms with van der Waals surface area (Å²) in [5.74, 6) is -1.01. The summed E-state index contributed by atoms with van der Waals surface area (Å²) in [7, 11) is 1.46. The Hall–Kier alpha value is -2.16. The number of rotatable bonds is 4. The molecule has 0 saturated heterocycles. The van der Waals surface area contributed by atoms with E-state index in [0.717, 1.165) is 0 Å². The summed E-state index contributed by atoms with van der Waals surface area (Å²) in [6.07, 6.45) is 4.70. The molecule has 0 bridgehead atoms. The fraction of sp³-hybridized carbons (Fsp3) is 0.188. The van der Waals surface area contributed by atoms with Crippen molar-refractivity contribution in [3.8, 4) is 0 Å². The molecule has 1 rings (SSSR count). The van der Waals surface area contributed by atoms with Gasteiger partial charge < -0.3 is 5.32 Å². The summed E-state index contributed by atoms with van der Waals surface area (Å²) in [6, 6.07) is 4.66. The van der Waals surface area contributed by atoms with Crippen molar-refractivity contribution in [2.75, 3.05) is 7.05 Å². The molecule has 0 unspecified atom stereocenters. The molecule has 0 spiro atoms. The Labute approximate surface area is 114 Å². The molecule has 0 aliphatic rings. The van der Waals surface area contributed by atoms with E-state index >= 15 is 0 Å². The van der Waals surface area contributed by atoms with Crippen molar-refractivity contribution in [1.29, 1.82) is 0 Å². The Kier molecular flexibility index (Phi) is 7.85. The second-order valence-corrected chi connectivity index (χ2v) is 3.31. The summed E-state index contributed by atoms with van der Waals surface area (Å²) >= 11 is 0. The molecule has 0 radical (unpaired) electrons. The van der Waals surface area contributed by atoms with Gasteiger partial charge >= 0.3 is 0 Å². The zero-order valence-corrected chi connectivity index (χ0v) is 11.7. The van der Waals surface area contributed by atoms with Crippen molar-refractivity contribution in [3.05, 3.63) is 66.5 Å². The first-order valence-electron chi connectivity index (χ1n) is 6.11. The van der Waals surface area contributed by atoms with Crippen molar-refractivity contribution >= 4 is 11.5 Å². The zero-order chi connectivity index (χ0) is 14.8. The molecule has 0 aromatic heterocycles. The lowest BCUT2D eigenvalue weighted by Gasteiger charge is -2.07. The van der Waals surface area contributed by atoms with E-state index in [-0.39, 0.29) is 5.56 Å². The van der Waals surface area contributed by atoms with Crippen LogP contribution in [0.2, 0.25) is 0 Å². The molecule has 1 N–H and O–H groups in total. The van der Waals surface area contributed by atoms with E-state index in [4.69, 9.17) is 0 Å². The average Bonchev–Trinajstić information content (AvgIpc) is 2.46. The Morgan fingerprint density at radius 1 is 1.26 bits per heavy atom. The van der Waals surface area contributed by atoms with Gasteiger partial charge in [-0.1, -0.05) is 57.4 Å². The maximum absolute atomic E-state index is 14.1. The third kappa shape index (κ3) is 4.21. The molecule has 0 aliphatic heterocycles. The minimum atomic E-state index is -0.556. The molecule has 3 heteroatoms. The molecule has 0 heterocycles.